The molecule has 1 aromatic rings. The monoisotopic (exact) mass is 327 g/mol. The van der Waals surface area contributed by atoms with Crippen molar-refractivity contribution in [1.82, 2.24) is 4.90 Å². The molecule has 0 unspecified atom stereocenters. The lowest BCUT2D eigenvalue weighted by Gasteiger charge is -2.43. The second kappa shape index (κ2) is 8.16. The third-order valence-corrected chi connectivity index (χ3v) is 4.79. The van der Waals surface area contributed by atoms with Gasteiger partial charge in [0.25, 0.3) is 0 Å². The maximum Gasteiger partial charge on any atom is 0.119 e. The summed E-state index contributed by atoms with van der Waals surface area (Å²) in [6.45, 7) is 6.03. The van der Waals surface area contributed by atoms with Gasteiger partial charge in [-0.25, -0.2) is 0 Å². The third kappa shape index (κ3) is 4.85. The minimum Gasteiger partial charge on any atom is -0.492 e. The van der Waals surface area contributed by atoms with Gasteiger partial charge in [-0.2, -0.15) is 0 Å². The van der Waals surface area contributed by atoms with Crippen molar-refractivity contribution in [3.8, 4) is 5.75 Å². The summed E-state index contributed by atoms with van der Waals surface area (Å²) < 4.78 is 10.8. The van der Waals surface area contributed by atoms with E-state index in [0.717, 1.165) is 31.8 Å². The van der Waals surface area contributed by atoms with Crippen molar-refractivity contribution in [2.24, 2.45) is 5.92 Å². The van der Waals surface area contributed by atoms with E-state index in [4.69, 9.17) is 21.1 Å². The predicted molar refractivity (Wildman–Crippen MR) is 88.6 cm³/mol. The lowest BCUT2D eigenvalue weighted by atomic mass is 9.80. The number of hydrogen-bond acceptors (Lipinski definition) is 4. The molecule has 2 rings (SSSR count). The molecule has 0 aliphatic carbocycles. The number of piperidine rings is 1. The van der Waals surface area contributed by atoms with Crippen LogP contribution in [-0.2, 0) is 4.74 Å². The molecule has 1 aromatic carbocycles. The summed E-state index contributed by atoms with van der Waals surface area (Å²) in [5.41, 5.74) is -0.594. The number of aliphatic hydroxyl groups is 1. The Morgan fingerprint density at radius 3 is 2.68 bits per heavy atom. The van der Waals surface area contributed by atoms with Gasteiger partial charge in [-0.15, -0.1) is 0 Å². The average Bonchev–Trinajstić information content (AvgIpc) is 2.51. The second-order valence-electron chi connectivity index (χ2n) is 6.10. The highest BCUT2D eigenvalue weighted by atomic mass is 35.5. The Morgan fingerprint density at radius 2 is 2.05 bits per heavy atom. The van der Waals surface area contributed by atoms with E-state index in [0.29, 0.717) is 24.7 Å². The van der Waals surface area contributed by atoms with Gasteiger partial charge in [0.2, 0.25) is 0 Å². The molecule has 0 bridgehead atoms. The molecule has 124 valence electrons. The highest BCUT2D eigenvalue weighted by Crippen LogP contribution is 2.30. The lowest BCUT2D eigenvalue weighted by Crippen LogP contribution is -2.52. The number of methoxy groups -OCH3 is 1. The summed E-state index contributed by atoms with van der Waals surface area (Å²) in [6.07, 6.45) is 1.50. The zero-order valence-electron chi connectivity index (χ0n) is 13.4. The van der Waals surface area contributed by atoms with Gasteiger partial charge in [-0.3, -0.25) is 4.90 Å². The maximum atomic E-state index is 10.7. The molecule has 0 amide bonds. The molecule has 0 saturated carbocycles. The largest absolute Gasteiger partial charge is 0.492 e. The molecule has 4 nitrogen and oxygen atoms in total. The number of nitrogens with zero attached hydrogens (tertiary/aromatic N) is 1. The van der Waals surface area contributed by atoms with E-state index in [9.17, 15) is 5.11 Å². The van der Waals surface area contributed by atoms with Gasteiger partial charge in [-0.1, -0.05) is 18.5 Å². The molecule has 1 aliphatic rings. The van der Waals surface area contributed by atoms with Crippen LogP contribution in [0.15, 0.2) is 24.3 Å². The van der Waals surface area contributed by atoms with Crippen molar-refractivity contribution in [3.05, 3.63) is 29.3 Å². The zero-order chi connectivity index (χ0) is 16.0. The molecular formula is C17H26ClNO3. The highest BCUT2D eigenvalue weighted by Gasteiger charge is 2.38. The molecule has 5 heteroatoms. The van der Waals surface area contributed by atoms with E-state index in [-0.39, 0.29) is 5.92 Å². The smallest absolute Gasteiger partial charge is 0.119 e. The Kier molecular flexibility index (Phi) is 6.50. The van der Waals surface area contributed by atoms with Crippen molar-refractivity contribution in [2.45, 2.75) is 25.4 Å². The first kappa shape index (κ1) is 17.5. The molecule has 1 heterocycles. The first-order chi connectivity index (χ1) is 10.5. The highest BCUT2D eigenvalue weighted by molar-refractivity contribution is 6.30. The number of likely N-dealkylation sites (tertiary alicyclic amines) is 1. The summed E-state index contributed by atoms with van der Waals surface area (Å²) >= 11 is 5.85. The summed E-state index contributed by atoms with van der Waals surface area (Å²) in [5.74, 6) is 1.08. The lowest BCUT2D eigenvalue weighted by molar-refractivity contribution is -0.0823. The fourth-order valence-electron chi connectivity index (χ4n) is 2.92. The van der Waals surface area contributed by atoms with Crippen LogP contribution < -0.4 is 4.74 Å². The second-order valence-corrected chi connectivity index (χ2v) is 6.54. The van der Waals surface area contributed by atoms with Gasteiger partial charge in [0, 0.05) is 38.4 Å². The molecule has 1 aliphatic heterocycles. The van der Waals surface area contributed by atoms with Crippen LogP contribution in [0, 0.1) is 5.92 Å². The summed E-state index contributed by atoms with van der Waals surface area (Å²) in [5, 5.41) is 11.4. The number of halogens is 1. The van der Waals surface area contributed by atoms with E-state index in [1.165, 1.54) is 0 Å². The first-order valence-electron chi connectivity index (χ1n) is 7.85. The summed E-state index contributed by atoms with van der Waals surface area (Å²) in [4.78, 5) is 2.35. The Balaban J connectivity index is 1.73. The van der Waals surface area contributed by atoms with Crippen LogP contribution in [0.2, 0.25) is 5.02 Å². The minimum atomic E-state index is -0.594. The molecule has 0 radical (unpaired) electrons. The van der Waals surface area contributed by atoms with Gasteiger partial charge in [0.1, 0.15) is 12.4 Å². The topological polar surface area (TPSA) is 41.9 Å². The Hall–Kier alpha value is -0.810. The molecular weight excluding hydrogens is 302 g/mol. The minimum absolute atomic E-state index is 0.243. The normalized spacial score (nSPS) is 26.1. The van der Waals surface area contributed by atoms with Crippen LogP contribution in [0.1, 0.15) is 19.8 Å². The Morgan fingerprint density at radius 1 is 1.32 bits per heavy atom. The number of hydrogen-bond donors (Lipinski definition) is 1. The number of ether oxygens (including phenoxy) is 2. The van der Waals surface area contributed by atoms with Gasteiger partial charge in [0.15, 0.2) is 0 Å². The fraction of sp³-hybridized carbons (Fsp3) is 0.647. The standard InChI is InChI=1S/C17H26ClNO3/c1-14-13-19(9-7-17(14,20)8-11-21-2)10-12-22-16-5-3-15(18)4-6-16/h3-6,14,20H,7-13H2,1-2H3/t14-,17-/m1/s1. The van der Waals surface area contributed by atoms with Crippen LogP contribution in [0.5, 0.6) is 5.75 Å². The van der Waals surface area contributed by atoms with Crippen molar-refractivity contribution in [2.75, 3.05) is 40.0 Å². The van der Waals surface area contributed by atoms with Crippen molar-refractivity contribution >= 4 is 11.6 Å². The van der Waals surface area contributed by atoms with E-state index >= 15 is 0 Å². The summed E-state index contributed by atoms with van der Waals surface area (Å²) in [7, 11) is 1.68. The quantitative estimate of drug-likeness (QED) is 0.836. The zero-order valence-corrected chi connectivity index (χ0v) is 14.2. The van der Waals surface area contributed by atoms with E-state index < -0.39 is 5.60 Å². The third-order valence-electron chi connectivity index (χ3n) is 4.54. The van der Waals surface area contributed by atoms with Crippen LogP contribution in [0.4, 0.5) is 0 Å². The van der Waals surface area contributed by atoms with Gasteiger partial charge < -0.3 is 14.6 Å². The molecule has 2 atom stereocenters. The van der Waals surface area contributed by atoms with Crippen LogP contribution >= 0.6 is 11.6 Å². The van der Waals surface area contributed by atoms with E-state index in [1.54, 1.807) is 7.11 Å². The van der Waals surface area contributed by atoms with Gasteiger partial charge in [-0.05, 0) is 43.0 Å². The van der Waals surface area contributed by atoms with Crippen molar-refractivity contribution < 1.29 is 14.6 Å². The van der Waals surface area contributed by atoms with Crippen LogP contribution in [0.25, 0.3) is 0 Å². The van der Waals surface area contributed by atoms with Gasteiger partial charge in [0.05, 0.1) is 5.60 Å². The van der Waals surface area contributed by atoms with Crippen LogP contribution in [0.3, 0.4) is 0 Å². The molecule has 1 N–H and O–H groups in total. The van der Waals surface area contributed by atoms with Crippen LogP contribution in [-0.4, -0.2) is 55.6 Å². The fourth-order valence-corrected chi connectivity index (χ4v) is 3.05. The van der Waals surface area contributed by atoms with E-state index in [2.05, 4.69) is 11.8 Å². The number of rotatable bonds is 7. The van der Waals surface area contributed by atoms with E-state index in [1.807, 2.05) is 24.3 Å². The first-order valence-corrected chi connectivity index (χ1v) is 8.23. The molecule has 1 saturated heterocycles. The van der Waals surface area contributed by atoms with Crippen molar-refractivity contribution in [3.63, 3.8) is 0 Å². The van der Waals surface area contributed by atoms with Gasteiger partial charge >= 0.3 is 0 Å². The molecule has 0 aromatic heterocycles. The molecule has 0 spiro atoms. The molecule has 22 heavy (non-hydrogen) atoms. The maximum absolute atomic E-state index is 10.7. The Bertz CT molecular complexity index is 454. The van der Waals surface area contributed by atoms with Crippen molar-refractivity contribution in [1.29, 1.82) is 0 Å². The average molecular weight is 328 g/mol. The molecule has 1 fully saturated rings. The predicted octanol–water partition coefficient (Wildman–Crippen LogP) is 2.83. The number of benzene rings is 1. The SMILES string of the molecule is COCC[C@]1(O)CCN(CCOc2ccc(Cl)cc2)C[C@H]1C. The Labute approximate surface area is 138 Å². The summed E-state index contributed by atoms with van der Waals surface area (Å²) in [6, 6.07) is 7.42.